The average molecular weight is 380 g/mol. The van der Waals surface area contributed by atoms with Crippen LogP contribution in [0.2, 0.25) is 0 Å². The van der Waals surface area contributed by atoms with Gasteiger partial charge in [0.2, 0.25) is 5.91 Å². The van der Waals surface area contributed by atoms with Crippen molar-refractivity contribution in [3.05, 3.63) is 64.5 Å². The van der Waals surface area contributed by atoms with Crippen LogP contribution in [0.1, 0.15) is 19.4 Å². The molecule has 0 spiro atoms. The van der Waals surface area contributed by atoms with E-state index >= 15 is 0 Å². The second kappa shape index (κ2) is 7.72. The number of para-hydroxylation sites is 1. The Kier molecular flexibility index (Phi) is 5.37. The van der Waals surface area contributed by atoms with Gasteiger partial charge >= 0.3 is 5.63 Å². The molecule has 1 aromatic heterocycles. The van der Waals surface area contributed by atoms with Gasteiger partial charge in [-0.1, -0.05) is 44.2 Å². The van der Waals surface area contributed by atoms with Crippen molar-refractivity contribution in [2.45, 2.75) is 20.8 Å². The molecule has 6 heteroatoms. The Labute approximate surface area is 162 Å². The number of aryl methyl sites for hydroxylation is 1. The molecule has 3 rings (SSSR count). The fourth-order valence-corrected chi connectivity index (χ4v) is 2.81. The first-order valence-corrected chi connectivity index (χ1v) is 9.01. The third-order valence-corrected chi connectivity index (χ3v) is 4.40. The predicted octanol–water partition coefficient (Wildman–Crippen LogP) is 4.24. The van der Waals surface area contributed by atoms with Crippen LogP contribution >= 0.6 is 12.2 Å². The molecule has 0 aliphatic rings. The van der Waals surface area contributed by atoms with Crippen molar-refractivity contribution in [3.8, 4) is 11.1 Å². The Morgan fingerprint density at radius 1 is 1.11 bits per heavy atom. The fourth-order valence-electron chi connectivity index (χ4n) is 2.60. The summed E-state index contributed by atoms with van der Waals surface area (Å²) in [4.78, 5) is 24.2. The van der Waals surface area contributed by atoms with Gasteiger partial charge in [0.25, 0.3) is 0 Å². The first-order valence-electron chi connectivity index (χ1n) is 8.61. The first kappa shape index (κ1) is 18.8. The highest BCUT2D eigenvalue weighted by Crippen LogP contribution is 2.25. The topological polar surface area (TPSA) is 71.3 Å². The van der Waals surface area contributed by atoms with Crippen molar-refractivity contribution in [2.24, 2.45) is 5.92 Å². The number of amides is 1. The summed E-state index contributed by atoms with van der Waals surface area (Å²) in [5.41, 5.74) is 2.97. The summed E-state index contributed by atoms with van der Waals surface area (Å²) in [6, 6.07) is 14.8. The van der Waals surface area contributed by atoms with Crippen molar-refractivity contribution in [2.75, 3.05) is 5.32 Å². The standard InChI is InChI=1S/C21H20N2O3S/c1-12(2)19(24)23-21(27)22-17-11-14(9-8-13(17)3)16-10-15-6-4-5-7-18(15)26-20(16)25/h4-12H,1-3H3,(H2,22,23,24,27). The minimum Gasteiger partial charge on any atom is -0.422 e. The largest absolute Gasteiger partial charge is 0.422 e. The quantitative estimate of drug-likeness (QED) is 0.525. The molecule has 0 unspecified atom stereocenters. The van der Waals surface area contributed by atoms with Gasteiger partial charge in [0.1, 0.15) is 5.58 Å². The number of rotatable bonds is 3. The van der Waals surface area contributed by atoms with E-state index in [1.807, 2.05) is 49.4 Å². The molecular formula is C21H20N2O3S. The van der Waals surface area contributed by atoms with Gasteiger partial charge in [-0.05, 0) is 48.5 Å². The molecule has 0 saturated heterocycles. The maximum atomic E-state index is 12.4. The maximum absolute atomic E-state index is 12.4. The van der Waals surface area contributed by atoms with Crippen LogP contribution in [-0.2, 0) is 4.79 Å². The number of carbonyl (C=O) groups excluding carboxylic acids is 1. The number of nitrogens with one attached hydrogen (secondary N) is 2. The molecule has 1 heterocycles. The van der Waals surface area contributed by atoms with Crippen LogP contribution in [-0.4, -0.2) is 11.0 Å². The molecule has 5 nitrogen and oxygen atoms in total. The summed E-state index contributed by atoms with van der Waals surface area (Å²) in [5, 5.41) is 6.75. The zero-order valence-electron chi connectivity index (χ0n) is 15.3. The van der Waals surface area contributed by atoms with E-state index < -0.39 is 5.63 Å². The minimum absolute atomic E-state index is 0.156. The fraction of sp³-hybridized carbons (Fsp3) is 0.190. The van der Waals surface area contributed by atoms with E-state index in [1.165, 1.54) is 0 Å². The number of fused-ring (bicyclic) bond motifs is 1. The number of hydrogen-bond acceptors (Lipinski definition) is 4. The molecule has 1 amide bonds. The van der Waals surface area contributed by atoms with Crippen LogP contribution in [0.15, 0.2) is 57.7 Å². The molecule has 3 aromatic rings. The lowest BCUT2D eigenvalue weighted by Gasteiger charge is -2.14. The number of thiocarbonyl (C=S) groups is 1. The third-order valence-electron chi connectivity index (χ3n) is 4.20. The van der Waals surface area contributed by atoms with E-state index in [-0.39, 0.29) is 16.9 Å². The highest BCUT2D eigenvalue weighted by Gasteiger charge is 2.12. The molecule has 0 fully saturated rings. The van der Waals surface area contributed by atoms with Crippen molar-refractivity contribution < 1.29 is 9.21 Å². The van der Waals surface area contributed by atoms with Crippen LogP contribution in [0.3, 0.4) is 0 Å². The van der Waals surface area contributed by atoms with Crippen LogP contribution in [0, 0.1) is 12.8 Å². The lowest BCUT2D eigenvalue weighted by Crippen LogP contribution is -2.36. The van der Waals surface area contributed by atoms with Crippen LogP contribution in [0.25, 0.3) is 22.1 Å². The van der Waals surface area contributed by atoms with Gasteiger partial charge in [0.15, 0.2) is 5.11 Å². The monoisotopic (exact) mass is 380 g/mol. The van der Waals surface area contributed by atoms with Gasteiger partial charge in [-0.25, -0.2) is 4.79 Å². The van der Waals surface area contributed by atoms with E-state index in [2.05, 4.69) is 10.6 Å². The van der Waals surface area contributed by atoms with E-state index in [4.69, 9.17) is 16.6 Å². The SMILES string of the molecule is Cc1ccc(-c2cc3ccccc3oc2=O)cc1NC(=S)NC(=O)C(C)C. The summed E-state index contributed by atoms with van der Waals surface area (Å²) >= 11 is 5.22. The average Bonchev–Trinajstić information content (AvgIpc) is 2.63. The van der Waals surface area contributed by atoms with Crippen molar-refractivity contribution >= 4 is 39.9 Å². The summed E-state index contributed by atoms with van der Waals surface area (Å²) < 4.78 is 5.42. The molecule has 0 radical (unpaired) electrons. The first-order chi connectivity index (χ1) is 12.8. The van der Waals surface area contributed by atoms with Gasteiger partial charge in [0.05, 0.1) is 5.56 Å². The summed E-state index contributed by atoms with van der Waals surface area (Å²) in [5.74, 6) is -0.323. The lowest BCUT2D eigenvalue weighted by atomic mass is 10.0. The predicted molar refractivity (Wildman–Crippen MR) is 112 cm³/mol. The summed E-state index contributed by atoms with van der Waals surface area (Å²) in [6.07, 6.45) is 0. The highest BCUT2D eigenvalue weighted by atomic mass is 32.1. The molecular weight excluding hydrogens is 360 g/mol. The molecule has 2 N–H and O–H groups in total. The van der Waals surface area contributed by atoms with Crippen molar-refractivity contribution in [1.82, 2.24) is 5.32 Å². The minimum atomic E-state index is -0.404. The Balaban J connectivity index is 1.94. The van der Waals surface area contributed by atoms with E-state index in [0.29, 0.717) is 22.4 Å². The Morgan fingerprint density at radius 3 is 2.59 bits per heavy atom. The summed E-state index contributed by atoms with van der Waals surface area (Å²) in [6.45, 7) is 5.51. The molecule has 0 atom stereocenters. The van der Waals surface area contributed by atoms with Gasteiger partial charge in [0, 0.05) is 17.0 Å². The molecule has 0 aliphatic carbocycles. The molecule has 2 aromatic carbocycles. The molecule has 0 saturated carbocycles. The molecule has 0 aliphatic heterocycles. The van der Waals surface area contributed by atoms with Gasteiger partial charge in [-0.2, -0.15) is 0 Å². The van der Waals surface area contributed by atoms with Crippen molar-refractivity contribution in [3.63, 3.8) is 0 Å². The zero-order valence-corrected chi connectivity index (χ0v) is 16.1. The van der Waals surface area contributed by atoms with E-state index in [9.17, 15) is 9.59 Å². The number of anilines is 1. The second-order valence-corrected chi connectivity index (χ2v) is 7.02. The number of carbonyl (C=O) groups is 1. The highest BCUT2D eigenvalue weighted by molar-refractivity contribution is 7.80. The maximum Gasteiger partial charge on any atom is 0.344 e. The van der Waals surface area contributed by atoms with Gasteiger partial charge in [-0.3, -0.25) is 4.79 Å². The van der Waals surface area contributed by atoms with Gasteiger partial charge in [-0.15, -0.1) is 0 Å². The zero-order chi connectivity index (χ0) is 19.6. The van der Waals surface area contributed by atoms with Crippen LogP contribution in [0.5, 0.6) is 0 Å². The van der Waals surface area contributed by atoms with E-state index in [0.717, 1.165) is 10.9 Å². The Morgan fingerprint density at radius 2 is 1.85 bits per heavy atom. The number of benzene rings is 2. The smallest absolute Gasteiger partial charge is 0.344 e. The van der Waals surface area contributed by atoms with E-state index in [1.54, 1.807) is 19.9 Å². The normalized spacial score (nSPS) is 10.8. The molecule has 138 valence electrons. The Hall–Kier alpha value is -2.99. The Bertz CT molecular complexity index is 1090. The molecule has 0 bridgehead atoms. The summed E-state index contributed by atoms with van der Waals surface area (Å²) in [7, 11) is 0. The van der Waals surface area contributed by atoms with Crippen LogP contribution < -0.4 is 16.3 Å². The lowest BCUT2D eigenvalue weighted by molar-refractivity contribution is -0.122. The number of hydrogen-bond donors (Lipinski definition) is 2. The van der Waals surface area contributed by atoms with Gasteiger partial charge < -0.3 is 15.1 Å². The second-order valence-electron chi connectivity index (χ2n) is 6.61. The van der Waals surface area contributed by atoms with Crippen LogP contribution in [0.4, 0.5) is 5.69 Å². The molecule has 27 heavy (non-hydrogen) atoms. The van der Waals surface area contributed by atoms with Crippen molar-refractivity contribution in [1.29, 1.82) is 0 Å². The third kappa shape index (κ3) is 4.23.